The minimum atomic E-state index is -1.99. The zero-order valence-corrected chi connectivity index (χ0v) is 12.4. The number of fused-ring (bicyclic) bond motifs is 1. The highest BCUT2D eigenvalue weighted by Crippen LogP contribution is 2.43. The predicted molar refractivity (Wildman–Crippen MR) is 83.6 cm³/mol. The van der Waals surface area contributed by atoms with Gasteiger partial charge in [0.05, 0.1) is 18.7 Å². The summed E-state index contributed by atoms with van der Waals surface area (Å²) in [5.41, 5.74) is -0.191. The summed E-state index contributed by atoms with van der Waals surface area (Å²) >= 11 is 0. The van der Waals surface area contributed by atoms with Crippen LogP contribution in [0.2, 0.25) is 0 Å². The molecule has 2 aromatic rings. The molecule has 1 heterocycles. The van der Waals surface area contributed by atoms with Crippen LogP contribution in [-0.4, -0.2) is 23.5 Å². The number of anilines is 1. The summed E-state index contributed by atoms with van der Waals surface area (Å²) < 4.78 is 12.6. The third kappa shape index (κ3) is 2.64. The molecule has 118 valence electrons. The van der Waals surface area contributed by atoms with Crippen molar-refractivity contribution in [3.05, 3.63) is 65.7 Å². The van der Waals surface area contributed by atoms with Gasteiger partial charge in [-0.2, -0.15) is 0 Å². The molecule has 1 atom stereocenters. The Morgan fingerprint density at radius 2 is 1.74 bits per heavy atom. The van der Waals surface area contributed by atoms with E-state index in [4.69, 9.17) is 0 Å². The van der Waals surface area contributed by atoms with Gasteiger partial charge in [0, 0.05) is 5.56 Å². The average molecular weight is 313 g/mol. The topological polar surface area (TPSA) is 57.6 Å². The molecular formula is C18H16FNO3. The highest BCUT2D eigenvalue weighted by molar-refractivity contribution is 6.08. The summed E-state index contributed by atoms with van der Waals surface area (Å²) in [7, 11) is 0. The Balaban J connectivity index is 2.00. The molecule has 23 heavy (non-hydrogen) atoms. The first-order valence-corrected chi connectivity index (χ1v) is 7.31. The van der Waals surface area contributed by atoms with E-state index in [-0.39, 0.29) is 6.54 Å². The molecule has 1 amide bonds. The lowest BCUT2D eigenvalue weighted by Crippen LogP contribution is -2.41. The second-order valence-corrected chi connectivity index (χ2v) is 5.60. The number of para-hydroxylation sites is 1. The van der Waals surface area contributed by atoms with Crippen LogP contribution < -0.4 is 4.90 Å². The molecule has 2 aromatic carbocycles. The minimum Gasteiger partial charge on any atom is -0.375 e. The summed E-state index contributed by atoms with van der Waals surface area (Å²) in [4.78, 5) is 25.7. The number of carbonyl (C=O) groups is 2. The molecule has 1 N–H and O–H groups in total. The molecule has 0 saturated heterocycles. The number of Topliss-reactive ketones (excluding diaryl/α,β-unsaturated/α-hetero) is 1. The molecule has 1 aliphatic rings. The molecule has 0 radical (unpaired) electrons. The van der Waals surface area contributed by atoms with E-state index in [9.17, 15) is 19.1 Å². The van der Waals surface area contributed by atoms with Crippen LogP contribution in [0.1, 0.15) is 17.5 Å². The van der Waals surface area contributed by atoms with Crippen molar-refractivity contribution < 1.29 is 19.1 Å². The predicted octanol–water partition coefficient (Wildman–Crippen LogP) is 2.35. The molecule has 3 rings (SSSR count). The van der Waals surface area contributed by atoms with E-state index in [0.29, 0.717) is 11.3 Å². The molecule has 0 aromatic heterocycles. The lowest BCUT2D eigenvalue weighted by atomic mass is 9.90. The number of hydrogen-bond acceptors (Lipinski definition) is 3. The van der Waals surface area contributed by atoms with E-state index in [1.807, 2.05) is 30.3 Å². The van der Waals surface area contributed by atoms with E-state index in [1.54, 1.807) is 24.3 Å². The Labute approximate surface area is 133 Å². The van der Waals surface area contributed by atoms with Crippen molar-refractivity contribution in [2.45, 2.75) is 18.6 Å². The highest BCUT2D eigenvalue weighted by Gasteiger charge is 2.50. The number of amides is 1. The van der Waals surface area contributed by atoms with Crippen LogP contribution >= 0.6 is 0 Å². The van der Waals surface area contributed by atoms with Gasteiger partial charge in [0.15, 0.2) is 11.4 Å². The molecular weight excluding hydrogens is 297 g/mol. The molecule has 0 fully saturated rings. The number of alkyl halides is 1. The summed E-state index contributed by atoms with van der Waals surface area (Å²) in [6, 6.07) is 16.1. The lowest BCUT2D eigenvalue weighted by Gasteiger charge is -2.22. The molecule has 0 aliphatic carbocycles. The van der Waals surface area contributed by atoms with Crippen molar-refractivity contribution in [2.24, 2.45) is 0 Å². The fourth-order valence-corrected chi connectivity index (χ4v) is 2.93. The third-order valence-electron chi connectivity index (χ3n) is 4.02. The van der Waals surface area contributed by atoms with Crippen molar-refractivity contribution in [1.29, 1.82) is 0 Å². The first-order valence-electron chi connectivity index (χ1n) is 7.31. The fraction of sp³-hybridized carbons (Fsp3) is 0.222. The number of carbonyl (C=O) groups excluding carboxylic acids is 2. The maximum absolute atomic E-state index is 12.7. The summed E-state index contributed by atoms with van der Waals surface area (Å²) in [5.74, 6) is -1.39. The van der Waals surface area contributed by atoms with Gasteiger partial charge in [0.2, 0.25) is 0 Å². The number of rotatable bonds is 5. The van der Waals surface area contributed by atoms with Gasteiger partial charge < -0.3 is 10.0 Å². The van der Waals surface area contributed by atoms with E-state index in [0.717, 1.165) is 5.56 Å². The zero-order valence-electron chi connectivity index (χ0n) is 12.4. The van der Waals surface area contributed by atoms with Crippen LogP contribution in [0.4, 0.5) is 10.1 Å². The van der Waals surface area contributed by atoms with E-state index >= 15 is 0 Å². The van der Waals surface area contributed by atoms with E-state index < -0.39 is 30.4 Å². The minimum absolute atomic E-state index is 0.281. The van der Waals surface area contributed by atoms with Crippen LogP contribution in [0.3, 0.4) is 0 Å². The van der Waals surface area contributed by atoms with Gasteiger partial charge in [-0.3, -0.25) is 9.59 Å². The van der Waals surface area contributed by atoms with E-state index in [2.05, 4.69) is 0 Å². The zero-order chi connectivity index (χ0) is 16.4. The van der Waals surface area contributed by atoms with Crippen molar-refractivity contribution in [3.8, 4) is 0 Å². The first kappa shape index (κ1) is 15.4. The van der Waals surface area contributed by atoms with Gasteiger partial charge >= 0.3 is 0 Å². The molecule has 0 bridgehead atoms. The Hall–Kier alpha value is -2.53. The number of nitrogens with zero attached hydrogens (tertiary/aromatic N) is 1. The standard InChI is InChI=1S/C18H16FNO3/c19-11-14(21)10-18(23)15-8-4-5-9-16(15)20(17(18)22)12-13-6-2-1-3-7-13/h1-9,23H,10-12H2/t18-/m1/s1. The summed E-state index contributed by atoms with van der Waals surface area (Å²) in [5, 5.41) is 10.8. The molecule has 0 unspecified atom stereocenters. The smallest absolute Gasteiger partial charge is 0.264 e. The number of ketones is 1. The number of benzene rings is 2. The van der Waals surface area contributed by atoms with Crippen molar-refractivity contribution in [1.82, 2.24) is 0 Å². The van der Waals surface area contributed by atoms with Crippen LogP contribution in [-0.2, 0) is 21.7 Å². The van der Waals surface area contributed by atoms with Gasteiger partial charge in [0.1, 0.15) is 6.67 Å². The van der Waals surface area contributed by atoms with Gasteiger partial charge in [-0.25, -0.2) is 4.39 Å². The number of halogens is 1. The Morgan fingerprint density at radius 1 is 1.09 bits per heavy atom. The maximum atomic E-state index is 12.7. The Morgan fingerprint density at radius 3 is 2.43 bits per heavy atom. The van der Waals surface area contributed by atoms with Gasteiger partial charge in [-0.15, -0.1) is 0 Å². The highest BCUT2D eigenvalue weighted by atomic mass is 19.1. The summed E-state index contributed by atoms with van der Waals surface area (Å²) in [6.45, 7) is -0.917. The van der Waals surface area contributed by atoms with Gasteiger partial charge in [-0.05, 0) is 11.6 Å². The second-order valence-electron chi connectivity index (χ2n) is 5.60. The van der Waals surface area contributed by atoms with Crippen molar-refractivity contribution in [2.75, 3.05) is 11.6 Å². The Kier molecular flexibility index (Phi) is 3.96. The Bertz CT molecular complexity index is 747. The van der Waals surface area contributed by atoms with Gasteiger partial charge in [-0.1, -0.05) is 48.5 Å². The van der Waals surface area contributed by atoms with Crippen LogP contribution in [0.5, 0.6) is 0 Å². The molecule has 0 spiro atoms. The van der Waals surface area contributed by atoms with Gasteiger partial charge in [0.25, 0.3) is 5.91 Å². The van der Waals surface area contributed by atoms with Crippen molar-refractivity contribution in [3.63, 3.8) is 0 Å². The summed E-state index contributed by atoms with van der Waals surface area (Å²) in [6.07, 6.45) is -0.551. The molecule has 1 aliphatic heterocycles. The fourth-order valence-electron chi connectivity index (χ4n) is 2.93. The lowest BCUT2D eigenvalue weighted by molar-refractivity contribution is -0.142. The van der Waals surface area contributed by atoms with Crippen LogP contribution in [0, 0.1) is 0 Å². The number of hydrogen-bond donors (Lipinski definition) is 1. The number of aliphatic hydroxyl groups is 1. The monoisotopic (exact) mass is 313 g/mol. The maximum Gasteiger partial charge on any atom is 0.264 e. The SMILES string of the molecule is O=C(CF)C[C@]1(O)C(=O)N(Cc2ccccc2)c2ccccc21. The van der Waals surface area contributed by atoms with Crippen LogP contribution in [0.15, 0.2) is 54.6 Å². The van der Waals surface area contributed by atoms with Crippen LogP contribution in [0.25, 0.3) is 0 Å². The largest absolute Gasteiger partial charge is 0.375 e. The first-order chi connectivity index (χ1) is 11.1. The quantitative estimate of drug-likeness (QED) is 0.922. The average Bonchev–Trinajstić information content (AvgIpc) is 2.78. The normalized spacial score (nSPS) is 19.7. The second kappa shape index (κ2) is 5.93. The third-order valence-corrected chi connectivity index (χ3v) is 4.02. The van der Waals surface area contributed by atoms with Crippen molar-refractivity contribution >= 4 is 17.4 Å². The molecule has 5 heteroatoms. The van der Waals surface area contributed by atoms with E-state index in [1.165, 1.54) is 4.90 Å². The molecule has 0 saturated carbocycles. The molecule has 4 nitrogen and oxygen atoms in total.